The Hall–Kier alpha value is -3.41. The van der Waals surface area contributed by atoms with Crippen molar-refractivity contribution in [1.29, 1.82) is 0 Å². The highest BCUT2D eigenvalue weighted by Gasteiger charge is 2.26. The summed E-state index contributed by atoms with van der Waals surface area (Å²) in [5.41, 5.74) is 1.12. The van der Waals surface area contributed by atoms with Crippen molar-refractivity contribution in [2.24, 2.45) is 0 Å². The summed E-state index contributed by atoms with van der Waals surface area (Å²) in [6, 6.07) is 20.6. The smallest absolute Gasteiger partial charge is 0.411 e. The maximum absolute atomic E-state index is 13.0. The Morgan fingerprint density at radius 2 is 1.24 bits per heavy atom. The molecule has 0 fully saturated rings. The van der Waals surface area contributed by atoms with Crippen molar-refractivity contribution >= 4 is 44.9 Å². The summed E-state index contributed by atoms with van der Waals surface area (Å²) >= 11 is 1.07. The van der Waals surface area contributed by atoms with Crippen LogP contribution < -0.4 is 10.6 Å². The first-order chi connectivity index (χ1) is 15.9. The zero-order chi connectivity index (χ0) is 23.5. The Balaban J connectivity index is 1.54. The van der Waals surface area contributed by atoms with Gasteiger partial charge in [-0.2, -0.15) is 4.31 Å². The van der Waals surface area contributed by atoms with Crippen molar-refractivity contribution in [3.8, 4) is 0 Å². The van der Waals surface area contributed by atoms with Gasteiger partial charge in [-0.25, -0.2) is 18.0 Å². The van der Waals surface area contributed by atoms with E-state index in [0.29, 0.717) is 11.4 Å². The molecular formula is C22H23N3O6S2. The Labute approximate surface area is 196 Å². The van der Waals surface area contributed by atoms with Crippen LogP contribution in [0.3, 0.4) is 0 Å². The topological polar surface area (TPSA) is 114 Å². The normalized spacial score (nSPS) is 11.1. The minimum atomic E-state index is -3.84. The zero-order valence-corrected chi connectivity index (χ0v) is 19.2. The second-order valence-electron chi connectivity index (χ2n) is 6.59. The van der Waals surface area contributed by atoms with Gasteiger partial charge in [0.15, 0.2) is 0 Å². The molecule has 2 aromatic carbocycles. The van der Waals surface area contributed by atoms with E-state index in [9.17, 15) is 18.0 Å². The monoisotopic (exact) mass is 489 g/mol. The number of sulfonamides is 1. The lowest BCUT2D eigenvalue weighted by molar-refractivity contribution is 0.140. The minimum Gasteiger partial charge on any atom is -0.448 e. The first-order valence-electron chi connectivity index (χ1n) is 9.96. The molecule has 0 aliphatic rings. The number of nitrogens with one attached hydrogen (secondary N) is 2. The molecule has 0 aliphatic heterocycles. The average molecular weight is 490 g/mol. The number of hydrogen-bond acceptors (Lipinski definition) is 7. The summed E-state index contributed by atoms with van der Waals surface area (Å²) < 4.78 is 37.4. The van der Waals surface area contributed by atoms with Crippen LogP contribution in [0.1, 0.15) is 0 Å². The van der Waals surface area contributed by atoms with Crippen molar-refractivity contribution < 1.29 is 27.5 Å². The largest absolute Gasteiger partial charge is 0.448 e. The summed E-state index contributed by atoms with van der Waals surface area (Å²) in [5, 5.41) is 6.77. The van der Waals surface area contributed by atoms with Crippen molar-refractivity contribution in [2.75, 3.05) is 36.9 Å². The van der Waals surface area contributed by atoms with Gasteiger partial charge in [0.25, 0.3) is 10.0 Å². The van der Waals surface area contributed by atoms with E-state index in [0.717, 1.165) is 15.6 Å². The van der Waals surface area contributed by atoms with E-state index >= 15 is 0 Å². The molecule has 2 N–H and O–H groups in total. The van der Waals surface area contributed by atoms with E-state index in [-0.39, 0.29) is 30.5 Å². The lowest BCUT2D eigenvalue weighted by atomic mass is 10.3. The molecule has 1 aromatic heterocycles. The van der Waals surface area contributed by atoms with E-state index in [4.69, 9.17) is 9.47 Å². The number of anilines is 2. The molecule has 11 heteroatoms. The molecule has 3 rings (SSSR count). The number of para-hydroxylation sites is 2. The molecule has 0 saturated carbocycles. The fourth-order valence-electron chi connectivity index (χ4n) is 2.72. The van der Waals surface area contributed by atoms with Crippen molar-refractivity contribution in [3.63, 3.8) is 0 Å². The van der Waals surface area contributed by atoms with Gasteiger partial charge in [-0.3, -0.25) is 10.6 Å². The highest BCUT2D eigenvalue weighted by Crippen LogP contribution is 2.20. The third-order valence-electron chi connectivity index (χ3n) is 4.28. The standard InChI is InChI=1S/C22H23N3O6S2/c26-21(23-18-8-3-1-4-9-18)30-15-13-25(33(28,29)20-12-7-17-32-20)14-16-31-22(27)24-19-10-5-2-6-11-19/h1-12,17H,13-16H2,(H,23,26)(H,24,27). The second kappa shape index (κ2) is 12.0. The molecule has 3 aromatic rings. The third-order valence-corrected chi connectivity index (χ3v) is 7.55. The van der Waals surface area contributed by atoms with Crippen LogP contribution in [-0.2, 0) is 19.5 Å². The molecule has 174 valence electrons. The van der Waals surface area contributed by atoms with Gasteiger partial charge in [0.2, 0.25) is 0 Å². The zero-order valence-electron chi connectivity index (χ0n) is 17.5. The highest BCUT2D eigenvalue weighted by molar-refractivity contribution is 7.91. The average Bonchev–Trinajstić information content (AvgIpc) is 3.35. The minimum absolute atomic E-state index is 0.105. The first-order valence-corrected chi connectivity index (χ1v) is 12.3. The summed E-state index contributed by atoms with van der Waals surface area (Å²) in [4.78, 5) is 23.9. The van der Waals surface area contributed by atoms with Crippen LogP contribution in [-0.4, -0.2) is 51.2 Å². The number of hydrogen-bond donors (Lipinski definition) is 2. The molecule has 0 aliphatic carbocycles. The van der Waals surface area contributed by atoms with Crippen LogP contribution in [0.2, 0.25) is 0 Å². The van der Waals surface area contributed by atoms with Gasteiger partial charge < -0.3 is 9.47 Å². The van der Waals surface area contributed by atoms with E-state index in [1.54, 1.807) is 60.0 Å². The molecule has 2 amide bonds. The Bertz CT molecular complexity index is 1060. The number of benzene rings is 2. The van der Waals surface area contributed by atoms with Gasteiger partial charge in [0.05, 0.1) is 0 Å². The Kier molecular flexibility index (Phi) is 8.81. The van der Waals surface area contributed by atoms with Crippen molar-refractivity contribution in [3.05, 3.63) is 78.2 Å². The quantitative estimate of drug-likeness (QED) is 0.440. The van der Waals surface area contributed by atoms with Crippen LogP contribution in [0.15, 0.2) is 82.4 Å². The van der Waals surface area contributed by atoms with Crippen LogP contribution >= 0.6 is 11.3 Å². The molecule has 9 nitrogen and oxygen atoms in total. The van der Waals surface area contributed by atoms with E-state index in [2.05, 4.69) is 10.6 Å². The summed E-state index contributed by atoms with van der Waals surface area (Å²) in [6.45, 7) is -0.572. The summed E-state index contributed by atoms with van der Waals surface area (Å²) in [5.74, 6) is 0. The number of thiophene rings is 1. The van der Waals surface area contributed by atoms with Gasteiger partial charge >= 0.3 is 12.2 Å². The van der Waals surface area contributed by atoms with Gasteiger partial charge in [-0.1, -0.05) is 42.5 Å². The van der Waals surface area contributed by atoms with Crippen LogP contribution in [0, 0.1) is 0 Å². The Morgan fingerprint density at radius 1 is 0.758 bits per heavy atom. The fraction of sp³-hybridized carbons (Fsp3) is 0.182. The van der Waals surface area contributed by atoms with Crippen LogP contribution in [0.25, 0.3) is 0 Å². The number of rotatable bonds is 10. The first kappa shape index (κ1) is 24.2. The predicted molar refractivity (Wildman–Crippen MR) is 126 cm³/mol. The number of ether oxygens (including phenoxy) is 2. The molecule has 0 spiro atoms. The second-order valence-corrected chi connectivity index (χ2v) is 9.70. The molecule has 0 unspecified atom stereocenters. The van der Waals surface area contributed by atoms with Gasteiger partial charge in [0.1, 0.15) is 17.4 Å². The molecule has 0 radical (unpaired) electrons. The van der Waals surface area contributed by atoms with Gasteiger partial charge in [-0.15, -0.1) is 11.3 Å². The number of nitrogens with zero attached hydrogens (tertiary/aromatic N) is 1. The van der Waals surface area contributed by atoms with E-state index < -0.39 is 22.2 Å². The molecule has 1 heterocycles. The fourth-order valence-corrected chi connectivity index (χ4v) is 5.27. The molecule has 0 saturated heterocycles. The van der Waals surface area contributed by atoms with Crippen molar-refractivity contribution in [1.82, 2.24) is 4.31 Å². The predicted octanol–water partition coefficient (Wildman–Crippen LogP) is 4.24. The van der Waals surface area contributed by atoms with E-state index in [1.165, 1.54) is 6.07 Å². The highest BCUT2D eigenvalue weighted by atomic mass is 32.2. The van der Waals surface area contributed by atoms with E-state index in [1.807, 2.05) is 12.1 Å². The lowest BCUT2D eigenvalue weighted by Crippen LogP contribution is -2.37. The summed E-state index contributed by atoms with van der Waals surface area (Å²) in [7, 11) is -3.84. The lowest BCUT2D eigenvalue weighted by Gasteiger charge is -2.21. The van der Waals surface area contributed by atoms with Gasteiger partial charge in [0, 0.05) is 24.5 Å². The molecule has 33 heavy (non-hydrogen) atoms. The molecular weight excluding hydrogens is 466 g/mol. The maximum atomic E-state index is 13.0. The summed E-state index contributed by atoms with van der Waals surface area (Å²) in [6.07, 6.45) is -1.40. The molecule has 0 atom stereocenters. The van der Waals surface area contributed by atoms with Crippen LogP contribution in [0.5, 0.6) is 0 Å². The molecule has 0 bridgehead atoms. The third kappa shape index (κ3) is 7.59. The van der Waals surface area contributed by atoms with Gasteiger partial charge in [-0.05, 0) is 35.7 Å². The SMILES string of the molecule is O=C(Nc1ccccc1)OCCN(CCOC(=O)Nc1ccccc1)S(=O)(=O)c1cccs1. The number of amides is 2. The van der Waals surface area contributed by atoms with Crippen molar-refractivity contribution in [2.45, 2.75) is 4.21 Å². The maximum Gasteiger partial charge on any atom is 0.411 e. The Morgan fingerprint density at radius 3 is 1.67 bits per heavy atom. The number of carbonyl (C=O) groups excluding carboxylic acids is 2. The van der Waals surface area contributed by atoms with Crippen LogP contribution in [0.4, 0.5) is 21.0 Å². The number of carbonyl (C=O) groups is 2.